The number of benzene rings is 2. The molecule has 0 bridgehead atoms. The lowest BCUT2D eigenvalue weighted by molar-refractivity contribution is -0.121. The molecule has 0 unspecified atom stereocenters. The van der Waals surface area contributed by atoms with Crippen LogP contribution in [0, 0.1) is 11.6 Å². The summed E-state index contributed by atoms with van der Waals surface area (Å²) in [7, 11) is 0. The Morgan fingerprint density at radius 1 is 1.05 bits per heavy atom. The number of halogens is 2. The lowest BCUT2D eigenvalue weighted by Crippen LogP contribution is -2.27. The second-order valence-electron chi connectivity index (χ2n) is 4.76. The van der Waals surface area contributed by atoms with Gasteiger partial charge in [0.2, 0.25) is 5.91 Å². The molecule has 2 rings (SSSR count). The van der Waals surface area contributed by atoms with E-state index in [9.17, 15) is 13.6 Å². The molecule has 0 spiro atoms. The zero-order chi connectivity index (χ0) is 15.8. The number of carbonyl (C=O) groups is 1. The van der Waals surface area contributed by atoms with E-state index in [1.807, 2.05) is 30.3 Å². The van der Waals surface area contributed by atoms with E-state index in [2.05, 4.69) is 5.32 Å². The number of ether oxygens (including phenoxy) is 1. The van der Waals surface area contributed by atoms with Crippen LogP contribution in [0.2, 0.25) is 0 Å². The summed E-state index contributed by atoms with van der Waals surface area (Å²) in [6.45, 7) is 0.663. The molecule has 0 aliphatic heterocycles. The van der Waals surface area contributed by atoms with E-state index in [1.165, 1.54) is 6.07 Å². The van der Waals surface area contributed by atoms with Crippen LogP contribution in [0.15, 0.2) is 48.5 Å². The van der Waals surface area contributed by atoms with Crippen LogP contribution in [0.3, 0.4) is 0 Å². The van der Waals surface area contributed by atoms with E-state index < -0.39 is 11.6 Å². The number of nitrogens with one attached hydrogen (secondary N) is 1. The van der Waals surface area contributed by atoms with Gasteiger partial charge in [-0.2, -0.15) is 0 Å². The van der Waals surface area contributed by atoms with E-state index in [-0.39, 0.29) is 12.3 Å². The van der Waals surface area contributed by atoms with Gasteiger partial charge >= 0.3 is 0 Å². The van der Waals surface area contributed by atoms with Gasteiger partial charge in [-0.15, -0.1) is 0 Å². The zero-order valence-electron chi connectivity index (χ0n) is 12.0. The van der Waals surface area contributed by atoms with Crippen molar-refractivity contribution in [1.82, 2.24) is 5.32 Å². The molecule has 2 aromatic carbocycles. The van der Waals surface area contributed by atoms with Crippen molar-refractivity contribution in [2.75, 3.05) is 13.2 Å². The van der Waals surface area contributed by atoms with Gasteiger partial charge < -0.3 is 10.1 Å². The first kappa shape index (κ1) is 15.9. The zero-order valence-corrected chi connectivity index (χ0v) is 12.0. The number of para-hydroxylation sites is 1. The quantitative estimate of drug-likeness (QED) is 0.853. The summed E-state index contributed by atoms with van der Waals surface area (Å²) in [5, 5.41) is 2.72. The van der Waals surface area contributed by atoms with Crippen molar-refractivity contribution in [1.29, 1.82) is 0 Å². The van der Waals surface area contributed by atoms with Crippen LogP contribution in [0.1, 0.15) is 12.0 Å². The molecule has 0 fully saturated rings. The Balaban J connectivity index is 1.64. The summed E-state index contributed by atoms with van der Waals surface area (Å²) in [4.78, 5) is 11.6. The third-order valence-corrected chi connectivity index (χ3v) is 3.06. The molecule has 22 heavy (non-hydrogen) atoms. The summed E-state index contributed by atoms with van der Waals surface area (Å²) in [5.74, 6) is -1.17. The fraction of sp³-hybridized carbons (Fsp3) is 0.235. The smallest absolute Gasteiger partial charge is 0.223 e. The van der Waals surface area contributed by atoms with Crippen molar-refractivity contribution < 1.29 is 18.3 Å². The molecule has 2 aromatic rings. The normalized spacial score (nSPS) is 10.3. The third kappa shape index (κ3) is 5.16. The average molecular weight is 305 g/mol. The maximum absolute atomic E-state index is 13.0. The largest absolute Gasteiger partial charge is 0.493 e. The van der Waals surface area contributed by atoms with Gasteiger partial charge in [0.1, 0.15) is 5.75 Å². The van der Waals surface area contributed by atoms with Gasteiger partial charge in [0.25, 0.3) is 0 Å². The molecule has 0 atom stereocenters. The molecule has 0 saturated heterocycles. The summed E-state index contributed by atoms with van der Waals surface area (Å²) in [5.41, 5.74) is 0.639. The minimum Gasteiger partial charge on any atom is -0.493 e. The first-order valence-electron chi connectivity index (χ1n) is 7.03. The van der Waals surface area contributed by atoms with Crippen LogP contribution in [0.25, 0.3) is 0 Å². The highest BCUT2D eigenvalue weighted by Crippen LogP contribution is 2.09. The fourth-order valence-corrected chi connectivity index (χ4v) is 1.91. The Hall–Kier alpha value is -2.43. The topological polar surface area (TPSA) is 38.3 Å². The Kier molecular flexibility index (Phi) is 5.89. The molecular weight excluding hydrogens is 288 g/mol. The Bertz CT molecular complexity index is 617. The second kappa shape index (κ2) is 8.12. The number of hydrogen-bond acceptors (Lipinski definition) is 2. The lowest BCUT2D eigenvalue weighted by atomic mass is 10.1. The molecular formula is C17H17F2NO2. The Morgan fingerprint density at radius 3 is 2.55 bits per heavy atom. The first-order chi connectivity index (χ1) is 10.6. The molecule has 0 aliphatic carbocycles. The minimum atomic E-state index is -0.875. The van der Waals surface area contributed by atoms with Crippen molar-refractivity contribution in [3.05, 3.63) is 65.7 Å². The van der Waals surface area contributed by atoms with Crippen LogP contribution in [-0.4, -0.2) is 19.1 Å². The van der Waals surface area contributed by atoms with E-state index in [4.69, 9.17) is 4.74 Å². The van der Waals surface area contributed by atoms with Crippen molar-refractivity contribution >= 4 is 5.91 Å². The molecule has 116 valence electrons. The van der Waals surface area contributed by atoms with Crippen LogP contribution in [0.4, 0.5) is 8.78 Å². The summed E-state index contributed by atoms with van der Waals surface area (Å²) >= 11 is 0. The SMILES string of the molecule is O=C(CCOc1ccccc1)NCCc1ccc(F)c(F)c1. The van der Waals surface area contributed by atoms with Crippen LogP contribution in [0.5, 0.6) is 5.75 Å². The van der Waals surface area contributed by atoms with Crippen molar-refractivity contribution in [3.63, 3.8) is 0 Å². The lowest BCUT2D eigenvalue weighted by Gasteiger charge is -2.07. The van der Waals surface area contributed by atoms with Gasteiger partial charge in [-0.1, -0.05) is 24.3 Å². The number of hydrogen-bond donors (Lipinski definition) is 1. The number of amides is 1. The van der Waals surface area contributed by atoms with Gasteiger partial charge in [-0.3, -0.25) is 4.79 Å². The molecule has 1 N–H and O–H groups in total. The highest BCUT2D eigenvalue weighted by molar-refractivity contribution is 5.75. The van der Waals surface area contributed by atoms with Crippen molar-refractivity contribution in [3.8, 4) is 5.75 Å². The average Bonchev–Trinajstić information content (AvgIpc) is 2.52. The fourth-order valence-electron chi connectivity index (χ4n) is 1.91. The monoisotopic (exact) mass is 305 g/mol. The van der Waals surface area contributed by atoms with Gasteiger partial charge in [-0.05, 0) is 36.2 Å². The standard InChI is InChI=1S/C17H17F2NO2/c18-15-7-6-13(12-16(15)19)8-10-20-17(21)9-11-22-14-4-2-1-3-5-14/h1-7,12H,8-11H2,(H,20,21). The molecule has 5 heteroatoms. The predicted molar refractivity (Wildman–Crippen MR) is 79.6 cm³/mol. The maximum Gasteiger partial charge on any atom is 0.223 e. The predicted octanol–water partition coefficient (Wildman–Crippen LogP) is 3.09. The molecule has 3 nitrogen and oxygen atoms in total. The highest BCUT2D eigenvalue weighted by atomic mass is 19.2. The third-order valence-electron chi connectivity index (χ3n) is 3.06. The van der Waals surface area contributed by atoms with Gasteiger partial charge in [0.15, 0.2) is 11.6 Å². The van der Waals surface area contributed by atoms with Gasteiger partial charge in [0, 0.05) is 6.54 Å². The van der Waals surface area contributed by atoms with Crippen molar-refractivity contribution in [2.45, 2.75) is 12.8 Å². The van der Waals surface area contributed by atoms with Crippen LogP contribution >= 0.6 is 0 Å². The van der Waals surface area contributed by atoms with Crippen molar-refractivity contribution in [2.24, 2.45) is 0 Å². The van der Waals surface area contributed by atoms with Crippen LogP contribution < -0.4 is 10.1 Å². The Morgan fingerprint density at radius 2 is 1.82 bits per heavy atom. The maximum atomic E-state index is 13.0. The molecule has 1 amide bonds. The summed E-state index contributed by atoms with van der Waals surface area (Å²) < 4.78 is 31.2. The summed E-state index contributed by atoms with van der Waals surface area (Å²) in [6.07, 6.45) is 0.690. The minimum absolute atomic E-state index is 0.140. The summed E-state index contributed by atoms with van der Waals surface area (Å²) in [6, 6.07) is 13.0. The molecule has 0 saturated carbocycles. The highest BCUT2D eigenvalue weighted by Gasteiger charge is 2.04. The molecule has 0 heterocycles. The number of carbonyl (C=O) groups excluding carboxylic acids is 1. The van der Waals surface area contributed by atoms with E-state index in [0.717, 1.165) is 17.9 Å². The van der Waals surface area contributed by atoms with E-state index in [1.54, 1.807) is 0 Å². The molecule has 0 radical (unpaired) electrons. The van der Waals surface area contributed by atoms with Crippen LogP contribution in [-0.2, 0) is 11.2 Å². The second-order valence-corrected chi connectivity index (χ2v) is 4.76. The molecule has 0 aromatic heterocycles. The van der Waals surface area contributed by atoms with E-state index >= 15 is 0 Å². The Labute approximate surface area is 127 Å². The first-order valence-corrected chi connectivity index (χ1v) is 7.03. The van der Waals surface area contributed by atoms with Gasteiger partial charge in [-0.25, -0.2) is 8.78 Å². The van der Waals surface area contributed by atoms with Gasteiger partial charge in [0.05, 0.1) is 13.0 Å². The molecule has 0 aliphatic rings. The number of rotatable bonds is 7. The van der Waals surface area contributed by atoms with E-state index in [0.29, 0.717) is 25.1 Å².